The second-order valence-corrected chi connectivity index (χ2v) is 35.0. The molecule has 85 radical (unpaired) electrons. The third kappa shape index (κ3) is 29.6. The number of halogens is 1. The standard InChI is InChI=1S/C42H31ClN2.B83/c1-28-21-41(30-13-5-3-6-14-30)44-26-39(28)37-19-11-9-17-35(37)32-23-33(25-34(43)24-32)36-18-10-12-20-38(36)40-27-45-42(22-29(40)2)31-15-7-4-8-16-31;1-43-64(42)75(65(44(2)3)45(4)5)80(74(62(38)39)63(40)41)83(81(76(66(46(6)7)47(8)9)67(48(10)11)49(12)13)77(68(50(14)15)51(16)17)69(52(18)19)53(20)21)82(78(70(54(22)23)55(24)25)71(56(26)27)57(28)29)79(72(58(30)31)59(32)33)73(60(34)35)61(36)37/h3-27H,1-2H3;. The molecule has 0 aliphatic carbocycles. The number of rotatable bonds is 46. The summed E-state index contributed by atoms with van der Waals surface area (Å²) >= 11 is 6.86. The van der Waals surface area contributed by atoms with Gasteiger partial charge in [0.25, 0.3) is 0 Å². The number of pyridine rings is 2. The normalized spacial score (nSPS) is 10.2. The molecule has 7 aromatic rings. The summed E-state index contributed by atoms with van der Waals surface area (Å²) in [4.78, 5) is 9.70. The van der Waals surface area contributed by atoms with Crippen molar-refractivity contribution < 1.29 is 0 Å². The maximum absolute atomic E-state index is 7.32. The highest BCUT2D eigenvalue weighted by Crippen LogP contribution is 2.41. The summed E-state index contributed by atoms with van der Waals surface area (Å²) in [5.74, 6) is 0. The lowest BCUT2D eigenvalue weighted by Gasteiger charge is -2.62. The molecule has 0 unspecified atom stereocenters. The lowest BCUT2D eigenvalue weighted by molar-refractivity contribution is 1.29. The first-order valence-corrected chi connectivity index (χ1v) is 42.8. The van der Waals surface area contributed by atoms with Gasteiger partial charge in [0.2, 0.25) is 0 Å². The molecule has 0 bridgehead atoms. The van der Waals surface area contributed by atoms with E-state index >= 15 is 0 Å². The quantitative estimate of drug-likeness (QED) is 0.0356. The number of hydrogen-bond donors (Lipinski definition) is 0. The molecule has 128 heavy (non-hydrogen) atoms. The van der Waals surface area contributed by atoms with Gasteiger partial charge in [-0.05, 0) is 88.7 Å². The van der Waals surface area contributed by atoms with E-state index in [2.05, 4.69) is 117 Å². The summed E-state index contributed by atoms with van der Waals surface area (Å²) < 4.78 is 0. The van der Waals surface area contributed by atoms with Crippen molar-refractivity contribution in [1.29, 1.82) is 0 Å². The predicted octanol–water partition coefficient (Wildman–Crippen LogP) is -19.9. The molecule has 0 saturated carbocycles. The first kappa shape index (κ1) is 117. The summed E-state index contributed by atoms with van der Waals surface area (Å²) in [6.07, 6.45) is -63.9. The van der Waals surface area contributed by atoms with Gasteiger partial charge in [-0.25, -0.2) is 0 Å². The van der Waals surface area contributed by atoms with Gasteiger partial charge in [-0.1, -0.05) is 121 Å². The van der Waals surface area contributed by atoms with E-state index in [1.54, 1.807) is 0 Å². The Balaban J connectivity index is 0.000000463. The molecule has 2 nitrogen and oxygen atoms in total. The van der Waals surface area contributed by atoms with Crippen LogP contribution in [0.4, 0.5) is 0 Å². The fourth-order valence-electron chi connectivity index (χ4n) is 20.8. The molecule has 0 aliphatic rings. The number of hydrogen-bond acceptors (Lipinski definition) is 2. The maximum Gasteiger partial charge on any atom is 0.0705 e. The molecule has 2 aromatic heterocycles. The van der Waals surface area contributed by atoms with Crippen molar-refractivity contribution in [3.63, 3.8) is 0 Å². The third-order valence-electron chi connectivity index (χ3n) is 25.9. The zero-order valence-electron chi connectivity index (χ0n) is 73.1. The molecule has 0 saturated heterocycles. The van der Waals surface area contributed by atoms with Crippen LogP contribution in [0.25, 0.3) is 67.0 Å². The smallest absolute Gasteiger partial charge is 0.0705 e. The Morgan fingerprint density at radius 3 is 0.578 bits per heavy atom. The van der Waals surface area contributed by atoms with Crippen molar-refractivity contribution in [2.24, 2.45) is 0 Å². The maximum atomic E-state index is 7.32. The first-order chi connectivity index (χ1) is 59.8. The Morgan fingerprint density at radius 1 is 0.203 bits per heavy atom. The van der Waals surface area contributed by atoms with Gasteiger partial charge < -0.3 is 0 Å². The van der Waals surface area contributed by atoms with Crippen LogP contribution in [0, 0.1) is 13.8 Å². The molecular weight excluding hydrogens is 1470 g/mol. The monoisotopic (exact) mass is 1510 g/mol. The van der Waals surface area contributed by atoms with Crippen molar-refractivity contribution in [2.45, 2.75) is 13.8 Å². The minimum Gasteiger partial charge on any atom is -0.256 e. The predicted molar refractivity (Wildman–Crippen MR) is 667 cm³/mol. The Labute approximate surface area is 849 Å². The summed E-state index contributed by atoms with van der Waals surface area (Å²) in [6.45, 7) is 4.30. The number of aromatic nitrogens is 2. The van der Waals surface area contributed by atoms with Crippen LogP contribution in [0.2, 0.25) is 5.02 Å². The molecule has 5 aromatic carbocycles. The van der Waals surface area contributed by atoms with Gasteiger partial charge in [0.05, 0.1) is 11.4 Å². The van der Waals surface area contributed by atoms with Crippen molar-refractivity contribution in [3.05, 3.63) is 168 Å². The summed E-state index contributed by atoms with van der Waals surface area (Å²) in [6, 6.07) is 48.3. The van der Waals surface area contributed by atoms with Crippen molar-refractivity contribution in [3.8, 4) is 67.0 Å². The fraction of sp³-hybridized carbons (Fsp3) is 0.0476. The highest BCUT2D eigenvalue weighted by Gasteiger charge is 2.67. The van der Waals surface area contributed by atoms with Crippen LogP contribution in [-0.2, 0) is 0 Å². The van der Waals surface area contributed by atoms with E-state index in [4.69, 9.17) is 347 Å². The summed E-state index contributed by atoms with van der Waals surface area (Å²) in [5, 5.41) is 0.690. The topological polar surface area (TPSA) is 25.8 Å². The number of aryl methyl sites for hydroxylation is 2. The van der Waals surface area contributed by atoms with Gasteiger partial charge in [-0.2, -0.15) is 0 Å². The van der Waals surface area contributed by atoms with Gasteiger partial charge >= 0.3 is 0 Å². The molecule has 0 fully saturated rings. The van der Waals surface area contributed by atoms with Crippen LogP contribution in [0.1, 0.15) is 11.1 Å². The molecule has 0 atom stereocenters. The molecular formula is C42H31B83ClN2. The fourth-order valence-corrected chi connectivity index (χ4v) is 21.0. The Hall–Kier alpha value is 0.0796. The van der Waals surface area contributed by atoms with E-state index in [1.165, 1.54) is 11.1 Å². The van der Waals surface area contributed by atoms with Crippen LogP contribution < -0.4 is 0 Å². The van der Waals surface area contributed by atoms with Gasteiger partial charge in [-0.3, -0.25) is 9.97 Å². The lowest BCUT2D eigenvalue weighted by Crippen LogP contribution is -3.00. The van der Waals surface area contributed by atoms with E-state index < -0.39 is 255 Å². The second-order valence-electron chi connectivity index (χ2n) is 34.6. The van der Waals surface area contributed by atoms with Crippen molar-refractivity contribution in [2.75, 3.05) is 0 Å². The molecule has 0 aliphatic heterocycles. The molecule has 86 heteroatoms. The first-order valence-electron chi connectivity index (χ1n) is 42.4. The zero-order valence-corrected chi connectivity index (χ0v) is 73.9. The SMILES string of the molecule is Cc1cc(-c2ccccc2)ncc1-c1ccccc1-c1cc(Cl)cc(-c2ccccc2-c2cnc(-c3ccccc3)cc2C)c1.[B][B]B([B])B(B(B([B])[B])B([B])[B])B(B(B([B])[B])B([B])[B])B(B(B(B(B([B])[B])B([B])[B])B(B([B])[B])B([B])[B])B(B(B([B])[B])B([B])[B])B(B([B])[B])B([B])[B])B(B(B(B([B])[B])B([B])[B])B(B([B])[B])B([B])[B])B(B(B([B])[B])B([B])[B])B(B([B])[B])B([B])[B]. The highest BCUT2D eigenvalue weighted by atomic mass is 35.5. The van der Waals surface area contributed by atoms with Crippen LogP contribution >= 0.6 is 11.6 Å². The largest absolute Gasteiger partial charge is 0.256 e. The van der Waals surface area contributed by atoms with E-state index in [9.17, 15) is 0 Å². The molecule has 7 rings (SSSR count). The lowest BCUT2D eigenvalue weighted by atomic mass is 8.20. The number of benzene rings is 5. The van der Waals surface area contributed by atoms with E-state index in [-0.39, 0.29) is 0 Å². The molecule has 465 valence electrons. The van der Waals surface area contributed by atoms with Crippen LogP contribution in [-0.4, -0.2) is 597 Å². The van der Waals surface area contributed by atoms with Crippen LogP contribution in [0.3, 0.4) is 0 Å². The van der Waals surface area contributed by atoms with Crippen molar-refractivity contribution >= 4 is 599 Å². The minimum atomic E-state index is -1.97. The average Bonchev–Trinajstić information content (AvgIpc) is 0.711. The van der Waals surface area contributed by atoms with Gasteiger partial charge in [0.15, 0.2) is 0 Å². The number of nitrogens with zero attached hydrogens (tertiary/aromatic N) is 2. The second kappa shape index (κ2) is 54.2. The Morgan fingerprint density at radius 2 is 0.383 bits per heavy atom. The summed E-state index contributed by atoms with van der Waals surface area (Å²) in [7, 11) is 291. The van der Waals surface area contributed by atoms with Gasteiger partial charge in [-0.15, -0.1) is 0 Å². The molecule has 2 heterocycles. The van der Waals surface area contributed by atoms with Crippen LogP contribution in [0.5, 0.6) is 0 Å². The van der Waals surface area contributed by atoms with E-state index in [0.29, 0.717) is 5.02 Å². The third-order valence-corrected chi connectivity index (χ3v) is 26.1. The Bertz CT molecular complexity index is 3950. The van der Waals surface area contributed by atoms with Gasteiger partial charge in [0, 0.05) is 627 Å². The van der Waals surface area contributed by atoms with E-state index in [0.717, 1.165) is 74.1 Å². The molecule has 0 N–H and O–H groups in total. The van der Waals surface area contributed by atoms with Gasteiger partial charge in [0.1, 0.15) is 0 Å². The van der Waals surface area contributed by atoms with E-state index in [1.807, 2.05) is 48.8 Å². The minimum absolute atomic E-state index is 0.690. The molecule has 0 amide bonds. The molecule has 0 spiro atoms. The van der Waals surface area contributed by atoms with Crippen LogP contribution in [0.15, 0.2) is 152 Å². The highest BCUT2D eigenvalue weighted by molar-refractivity contribution is 8.42. The summed E-state index contributed by atoms with van der Waals surface area (Å²) in [5.41, 5.74) is 15.3. The average molecular weight is 1500 g/mol. The van der Waals surface area contributed by atoms with Crippen molar-refractivity contribution in [1.82, 2.24) is 9.97 Å². The zero-order chi connectivity index (χ0) is 96.6. The Kier molecular flexibility index (Phi) is 49.4.